The Labute approximate surface area is 124 Å². The smallest absolute Gasteiger partial charge is 0.262 e. The van der Waals surface area contributed by atoms with Gasteiger partial charge in [-0.05, 0) is 50.9 Å². The quantitative estimate of drug-likeness (QED) is 0.864. The summed E-state index contributed by atoms with van der Waals surface area (Å²) < 4.78 is 13.8. The van der Waals surface area contributed by atoms with Crippen LogP contribution in [0.25, 0.3) is 0 Å². The van der Waals surface area contributed by atoms with Crippen molar-refractivity contribution in [1.82, 2.24) is 5.32 Å². The van der Waals surface area contributed by atoms with E-state index in [0.29, 0.717) is 6.42 Å². The number of para-hydroxylation sites is 1. The highest BCUT2D eigenvalue weighted by molar-refractivity contribution is 5.98. The van der Waals surface area contributed by atoms with Crippen LogP contribution in [0.4, 0.5) is 10.1 Å². The van der Waals surface area contributed by atoms with Crippen molar-refractivity contribution >= 4 is 24.0 Å². The summed E-state index contributed by atoms with van der Waals surface area (Å²) in [6.07, 6.45) is 1.58. The van der Waals surface area contributed by atoms with Crippen LogP contribution < -0.4 is 10.2 Å². The van der Waals surface area contributed by atoms with E-state index < -0.39 is 6.17 Å². The summed E-state index contributed by atoms with van der Waals surface area (Å²) >= 11 is 0. The second-order valence-corrected chi connectivity index (χ2v) is 5.49. The molecule has 2 saturated heterocycles. The molecule has 3 nitrogen and oxygen atoms in total. The number of alkyl halides is 1. The first-order valence-electron chi connectivity index (χ1n) is 6.97. The molecule has 2 aliphatic heterocycles. The van der Waals surface area contributed by atoms with Gasteiger partial charge < -0.3 is 10.2 Å². The lowest BCUT2D eigenvalue weighted by Crippen LogP contribution is -2.62. The fourth-order valence-electron chi connectivity index (χ4n) is 3.35. The van der Waals surface area contributed by atoms with Crippen LogP contribution in [0.3, 0.4) is 0 Å². The number of carbonyl (C=O) groups is 1. The molecule has 3 rings (SSSR count). The van der Waals surface area contributed by atoms with E-state index in [1.54, 1.807) is 4.90 Å². The van der Waals surface area contributed by atoms with Gasteiger partial charge in [0.05, 0.1) is 5.54 Å². The molecule has 1 aromatic carbocycles. The molecule has 2 fully saturated rings. The molecule has 20 heavy (non-hydrogen) atoms. The number of rotatable bonds is 1. The number of piperidine rings is 2. The average molecular weight is 299 g/mol. The molecule has 1 aromatic rings. The lowest BCUT2D eigenvalue weighted by molar-refractivity contribution is -0.127. The molecule has 2 heterocycles. The van der Waals surface area contributed by atoms with E-state index in [9.17, 15) is 9.18 Å². The van der Waals surface area contributed by atoms with Gasteiger partial charge in [0.1, 0.15) is 0 Å². The molecule has 1 unspecified atom stereocenters. The Morgan fingerprint density at radius 2 is 1.80 bits per heavy atom. The Kier molecular flexibility index (Phi) is 4.66. The van der Waals surface area contributed by atoms with Crippen LogP contribution in [-0.4, -0.2) is 30.7 Å². The predicted octanol–water partition coefficient (Wildman–Crippen LogP) is 2.70. The van der Waals surface area contributed by atoms with Crippen LogP contribution >= 0.6 is 12.4 Å². The van der Waals surface area contributed by atoms with Crippen molar-refractivity contribution < 1.29 is 9.18 Å². The number of nitrogens with one attached hydrogen (secondary N) is 1. The zero-order valence-electron chi connectivity index (χ0n) is 11.3. The third-order valence-electron chi connectivity index (χ3n) is 4.37. The minimum atomic E-state index is -1.35. The molecule has 2 aliphatic rings. The van der Waals surface area contributed by atoms with Crippen molar-refractivity contribution in [2.24, 2.45) is 0 Å². The highest BCUT2D eigenvalue weighted by Crippen LogP contribution is 2.40. The number of hydrogen-bond donors (Lipinski definition) is 1. The molecule has 0 aromatic heterocycles. The Hall–Kier alpha value is -1.13. The van der Waals surface area contributed by atoms with Crippen molar-refractivity contribution in [3.63, 3.8) is 0 Å². The highest BCUT2D eigenvalue weighted by atomic mass is 35.5. The van der Waals surface area contributed by atoms with E-state index >= 15 is 0 Å². The molecule has 0 aliphatic carbocycles. The fourth-order valence-corrected chi connectivity index (χ4v) is 3.35. The van der Waals surface area contributed by atoms with Crippen LogP contribution in [0.15, 0.2) is 30.3 Å². The van der Waals surface area contributed by atoms with Gasteiger partial charge in [0.25, 0.3) is 5.91 Å². The van der Waals surface area contributed by atoms with Gasteiger partial charge in [-0.25, -0.2) is 4.39 Å². The van der Waals surface area contributed by atoms with Gasteiger partial charge in [-0.3, -0.25) is 4.79 Å². The van der Waals surface area contributed by atoms with Crippen molar-refractivity contribution in [2.75, 3.05) is 18.0 Å². The number of halogens is 2. The van der Waals surface area contributed by atoms with Gasteiger partial charge in [0.15, 0.2) is 6.17 Å². The van der Waals surface area contributed by atoms with Crippen LogP contribution in [-0.2, 0) is 4.79 Å². The summed E-state index contributed by atoms with van der Waals surface area (Å²) in [6, 6.07) is 9.53. The minimum absolute atomic E-state index is 0. The molecule has 1 atom stereocenters. The third kappa shape index (κ3) is 2.54. The topological polar surface area (TPSA) is 32.3 Å². The predicted molar refractivity (Wildman–Crippen MR) is 80.1 cm³/mol. The van der Waals surface area contributed by atoms with Crippen molar-refractivity contribution in [2.45, 2.75) is 37.4 Å². The number of nitrogens with zero attached hydrogens (tertiary/aromatic N) is 1. The van der Waals surface area contributed by atoms with Gasteiger partial charge in [-0.2, -0.15) is 0 Å². The number of benzene rings is 1. The largest absolute Gasteiger partial charge is 0.317 e. The molecule has 1 N–H and O–H groups in total. The van der Waals surface area contributed by atoms with E-state index in [1.807, 2.05) is 30.3 Å². The molecular formula is C15H20ClFN2O. The van der Waals surface area contributed by atoms with E-state index in [1.165, 1.54) is 0 Å². The first-order chi connectivity index (χ1) is 9.23. The number of carbonyl (C=O) groups excluding carboxylic acids is 1. The first kappa shape index (κ1) is 15.3. The second kappa shape index (κ2) is 6.10. The van der Waals surface area contributed by atoms with E-state index in [0.717, 1.165) is 38.0 Å². The summed E-state index contributed by atoms with van der Waals surface area (Å²) in [5, 5.41) is 3.32. The standard InChI is InChI=1S/C15H19FN2O.ClH/c16-13-6-7-15(8-10-17-11-9-15)18(14(13)19)12-4-2-1-3-5-12;/h1-5,13,17H,6-11H2;1H. The van der Waals surface area contributed by atoms with Crippen molar-refractivity contribution in [1.29, 1.82) is 0 Å². The van der Waals surface area contributed by atoms with Gasteiger partial charge >= 0.3 is 0 Å². The van der Waals surface area contributed by atoms with Gasteiger partial charge in [-0.15, -0.1) is 12.4 Å². The van der Waals surface area contributed by atoms with Crippen molar-refractivity contribution in [3.05, 3.63) is 30.3 Å². The SMILES string of the molecule is Cl.O=C1C(F)CCC2(CCNCC2)N1c1ccccc1. The molecule has 5 heteroatoms. The maximum absolute atomic E-state index is 13.8. The third-order valence-corrected chi connectivity index (χ3v) is 4.37. The number of hydrogen-bond acceptors (Lipinski definition) is 2. The van der Waals surface area contributed by atoms with Crippen molar-refractivity contribution in [3.8, 4) is 0 Å². The molecule has 1 amide bonds. The van der Waals surface area contributed by atoms with Crippen LogP contribution in [0.1, 0.15) is 25.7 Å². The lowest BCUT2D eigenvalue weighted by Gasteiger charge is -2.50. The Bertz CT molecular complexity index is 462. The highest BCUT2D eigenvalue weighted by Gasteiger charge is 2.47. The molecule has 110 valence electrons. The fraction of sp³-hybridized carbons (Fsp3) is 0.533. The summed E-state index contributed by atoms with van der Waals surface area (Å²) in [5.74, 6) is -0.362. The molecule has 0 bridgehead atoms. The molecular weight excluding hydrogens is 279 g/mol. The Morgan fingerprint density at radius 1 is 1.15 bits per heavy atom. The maximum atomic E-state index is 13.8. The molecule has 0 radical (unpaired) electrons. The first-order valence-corrected chi connectivity index (χ1v) is 6.97. The minimum Gasteiger partial charge on any atom is -0.317 e. The van der Waals surface area contributed by atoms with Crippen LogP contribution in [0, 0.1) is 0 Å². The van der Waals surface area contributed by atoms with Gasteiger partial charge in [0, 0.05) is 5.69 Å². The normalized spacial score (nSPS) is 25.4. The Morgan fingerprint density at radius 3 is 2.45 bits per heavy atom. The lowest BCUT2D eigenvalue weighted by atomic mass is 9.78. The van der Waals surface area contributed by atoms with E-state index in [2.05, 4.69) is 5.32 Å². The zero-order valence-corrected chi connectivity index (χ0v) is 12.2. The average Bonchev–Trinajstić information content (AvgIpc) is 2.46. The number of amides is 1. The molecule has 0 saturated carbocycles. The summed E-state index contributed by atoms with van der Waals surface area (Å²) in [6.45, 7) is 1.79. The summed E-state index contributed by atoms with van der Waals surface area (Å²) in [5.41, 5.74) is 0.642. The van der Waals surface area contributed by atoms with Crippen LogP contribution in [0.2, 0.25) is 0 Å². The maximum Gasteiger partial charge on any atom is 0.262 e. The van der Waals surface area contributed by atoms with Gasteiger partial charge in [-0.1, -0.05) is 18.2 Å². The second-order valence-electron chi connectivity index (χ2n) is 5.49. The van der Waals surface area contributed by atoms with Crippen LogP contribution in [0.5, 0.6) is 0 Å². The molecule has 1 spiro atoms. The monoisotopic (exact) mass is 298 g/mol. The van der Waals surface area contributed by atoms with E-state index in [-0.39, 0.29) is 23.9 Å². The number of anilines is 1. The zero-order chi connectivity index (χ0) is 13.3. The summed E-state index contributed by atoms with van der Waals surface area (Å²) in [4.78, 5) is 14.1. The van der Waals surface area contributed by atoms with Gasteiger partial charge in [0.2, 0.25) is 0 Å². The Balaban J connectivity index is 0.00000147. The summed E-state index contributed by atoms with van der Waals surface area (Å²) in [7, 11) is 0. The van der Waals surface area contributed by atoms with E-state index in [4.69, 9.17) is 0 Å².